The van der Waals surface area contributed by atoms with Gasteiger partial charge in [0.05, 0.1) is 12.6 Å². The van der Waals surface area contributed by atoms with Crippen LogP contribution in [0.3, 0.4) is 0 Å². The summed E-state index contributed by atoms with van der Waals surface area (Å²) in [4.78, 5) is 0. The lowest BCUT2D eigenvalue weighted by atomic mass is 10.1. The molecule has 0 radical (unpaired) electrons. The Kier molecular flexibility index (Phi) is 8.11. The van der Waals surface area contributed by atoms with Gasteiger partial charge in [0, 0.05) is 22.5 Å². The maximum absolute atomic E-state index is 9.62. The minimum Gasteiger partial charge on any atom is -0.399 e. The molecule has 6 nitrogen and oxygen atoms in total. The average molecular weight is 377 g/mol. The monoisotopic (exact) mass is 377 g/mol. The minimum atomic E-state index is -1.30. The van der Waals surface area contributed by atoms with E-state index >= 15 is 0 Å². The highest BCUT2D eigenvalue weighted by molar-refractivity contribution is 5.64. The first kappa shape index (κ1) is 21.0. The minimum absolute atomic E-state index is 0.359. The molecule has 0 saturated heterocycles. The van der Waals surface area contributed by atoms with Gasteiger partial charge in [0.15, 0.2) is 0 Å². The Bertz CT molecular complexity index is 914. The van der Waals surface area contributed by atoms with Crippen LogP contribution in [0, 0.1) is 23.7 Å². The molecule has 0 fully saturated rings. The van der Waals surface area contributed by atoms with Crippen molar-refractivity contribution in [3.63, 3.8) is 0 Å². The third-order valence-corrected chi connectivity index (χ3v) is 3.92. The molecule has 144 valence electrons. The number of allylic oxidation sites excluding steroid dienone is 1. The van der Waals surface area contributed by atoms with Crippen molar-refractivity contribution >= 4 is 11.4 Å². The van der Waals surface area contributed by atoms with Crippen LogP contribution < -0.4 is 16.5 Å². The summed E-state index contributed by atoms with van der Waals surface area (Å²) >= 11 is 0. The highest BCUT2D eigenvalue weighted by Crippen LogP contribution is 2.14. The molecule has 0 saturated carbocycles. The van der Waals surface area contributed by atoms with E-state index in [4.69, 9.17) is 10.9 Å². The molecule has 0 spiro atoms. The van der Waals surface area contributed by atoms with Crippen LogP contribution in [0.4, 0.5) is 5.69 Å². The van der Waals surface area contributed by atoms with Gasteiger partial charge in [-0.25, -0.2) is 0 Å². The molecular weight excluding hydrogens is 354 g/mol. The molecule has 28 heavy (non-hydrogen) atoms. The standard InChI is InChI=1S/C22H23N3O3/c1-2-20(24-21(15-26)22(27)25-28)18-11-7-16(8-12-18)5-3-4-6-17-9-13-19(23)14-10-17/h2,7-14,21-22,24-28H,15,23H2,1H3/b20-2-/t21-,22?/m1/s1. The lowest BCUT2D eigenvalue weighted by Gasteiger charge is -2.23. The van der Waals surface area contributed by atoms with Crippen molar-refractivity contribution in [1.29, 1.82) is 0 Å². The molecule has 0 amide bonds. The first-order valence-electron chi connectivity index (χ1n) is 8.66. The van der Waals surface area contributed by atoms with E-state index in [0.717, 1.165) is 16.7 Å². The van der Waals surface area contributed by atoms with E-state index in [1.54, 1.807) is 17.6 Å². The van der Waals surface area contributed by atoms with E-state index in [2.05, 4.69) is 29.0 Å². The van der Waals surface area contributed by atoms with Gasteiger partial charge >= 0.3 is 0 Å². The summed E-state index contributed by atoms with van der Waals surface area (Å²) < 4.78 is 0. The highest BCUT2D eigenvalue weighted by atomic mass is 16.5. The van der Waals surface area contributed by atoms with Crippen LogP contribution >= 0.6 is 0 Å². The molecule has 0 aliphatic carbocycles. The Morgan fingerprint density at radius 1 is 1.04 bits per heavy atom. The smallest absolute Gasteiger partial charge is 0.149 e. The molecule has 0 aromatic heterocycles. The van der Waals surface area contributed by atoms with Crippen molar-refractivity contribution in [2.75, 3.05) is 12.3 Å². The fraction of sp³-hybridized carbons (Fsp3) is 0.182. The molecule has 2 rings (SSSR count). The summed E-state index contributed by atoms with van der Waals surface area (Å²) in [6.45, 7) is 1.47. The van der Waals surface area contributed by atoms with Gasteiger partial charge in [0.25, 0.3) is 0 Å². The zero-order valence-corrected chi connectivity index (χ0v) is 15.5. The number of nitrogen functional groups attached to an aromatic ring is 1. The second kappa shape index (κ2) is 10.8. The molecule has 0 heterocycles. The van der Waals surface area contributed by atoms with Crippen molar-refractivity contribution in [2.45, 2.75) is 19.2 Å². The largest absolute Gasteiger partial charge is 0.399 e. The van der Waals surface area contributed by atoms with Crippen LogP contribution in [-0.4, -0.2) is 34.3 Å². The molecular formula is C22H23N3O3. The van der Waals surface area contributed by atoms with Crippen LogP contribution in [0.15, 0.2) is 54.6 Å². The zero-order chi connectivity index (χ0) is 20.4. The van der Waals surface area contributed by atoms with Gasteiger partial charge in [0.1, 0.15) is 6.23 Å². The molecule has 1 unspecified atom stereocenters. The lowest BCUT2D eigenvalue weighted by molar-refractivity contribution is -0.0283. The first-order valence-corrected chi connectivity index (χ1v) is 8.66. The Morgan fingerprint density at radius 2 is 1.57 bits per heavy atom. The van der Waals surface area contributed by atoms with Crippen molar-refractivity contribution in [2.24, 2.45) is 0 Å². The van der Waals surface area contributed by atoms with Gasteiger partial charge in [0.2, 0.25) is 0 Å². The lowest BCUT2D eigenvalue weighted by Crippen LogP contribution is -2.48. The van der Waals surface area contributed by atoms with Crippen LogP contribution in [0.5, 0.6) is 0 Å². The van der Waals surface area contributed by atoms with Crippen LogP contribution in [0.25, 0.3) is 5.70 Å². The Labute approximate surface area is 164 Å². The Hall–Kier alpha value is -3.26. The number of hydrogen-bond donors (Lipinski definition) is 6. The van der Waals surface area contributed by atoms with E-state index in [1.165, 1.54) is 0 Å². The fourth-order valence-corrected chi connectivity index (χ4v) is 2.35. The average Bonchev–Trinajstić information content (AvgIpc) is 2.73. The maximum Gasteiger partial charge on any atom is 0.149 e. The first-order chi connectivity index (χ1) is 13.6. The number of aliphatic hydroxyl groups excluding tert-OH is 2. The van der Waals surface area contributed by atoms with E-state index < -0.39 is 12.3 Å². The Balaban J connectivity index is 2.06. The zero-order valence-electron chi connectivity index (χ0n) is 15.5. The van der Waals surface area contributed by atoms with E-state index in [1.807, 2.05) is 49.4 Å². The quantitative estimate of drug-likeness (QED) is 0.196. The predicted octanol–water partition coefficient (Wildman–Crippen LogP) is 1.28. The van der Waals surface area contributed by atoms with Gasteiger partial charge in [-0.05, 0) is 60.7 Å². The highest BCUT2D eigenvalue weighted by Gasteiger charge is 2.18. The number of anilines is 1. The molecule has 0 aliphatic heterocycles. The van der Waals surface area contributed by atoms with Crippen LogP contribution in [-0.2, 0) is 0 Å². The van der Waals surface area contributed by atoms with Gasteiger partial charge in [-0.1, -0.05) is 30.0 Å². The summed E-state index contributed by atoms with van der Waals surface area (Å²) in [7, 11) is 0. The molecule has 7 N–H and O–H groups in total. The van der Waals surface area contributed by atoms with Gasteiger partial charge in [-0.15, -0.1) is 0 Å². The summed E-state index contributed by atoms with van der Waals surface area (Å²) in [5.41, 5.74) is 11.3. The number of hydrogen-bond acceptors (Lipinski definition) is 6. The Morgan fingerprint density at radius 3 is 2.04 bits per heavy atom. The summed E-state index contributed by atoms with van der Waals surface area (Å²) in [6.07, 6.45) is 0.510. The van der Waals surface area contributed by atoms with Crippen LogP contribution in [0.2, 0.25) is 0 Å². The number of nitrogens with two attached hydrogens (primary N) is 1. The third kappa shape index (κ3) is 6.17. The van der Waals surface area contributed by atoms with Crippen molar-refractivity contribution < 1.29 is 15.4 Å². The van der Waals surface area contributed by atoms with Gasteiger partial charge in [-0.3, -0.25) is 0 Å². The fourth-order valence-electron chi connectivity index (χ4n) is 2.35. The van der Waals surface area contributed by atoms with Crippen LogP contribution in [0.1, 0.15) is 23.6 Å². The topological polar surface area (TPSA) is 111 Å². The summed E-state index contributed by atoms with van der Waals surface area (Å²) in [5.74, 6) is 11.6. The van der Waals surface area contributed by atoms with Gasteiger partial charge < -0.3 is 26.5 Å². The number of nitrogens with one attached hydrogen (secondary N) is 2. The summed E-state index contributed by atoms with van der Waals surface area (Å²) in [5, 5.41) is 30.8. The van der Waals surface area contributed by atoms with Crippen molar-refractivity contribution in [1.82, 2.24) is 10.8 Å². The second-order valence-electron chi connectivity index (χ2n) is 5.91. The van der Waals surface area contributed by atoms with E-state index in [-0.39, 0.29) is 6.61 Å². The second-order valence-corrected chi connectivity index (χ2v) is 5.91. The number of benzene rings is 2. The molecule has 2 aromatic carbocycles. The molecule has 2 aromatic rings. The van der Waals surface area contributed by atoms with E-state index in [0.29, 0.717) is 11.4 Å². The SMILES string of the molecule is C/C=C(\N[C@H](CO)C(O)NO)c1ccc(C#CC#Cc2ccc(N)cc2)cc1. The third-order valence-electron chi connectivity index (χ3n) is 3.92. The number of hydroxylamine groups is 1. The van der Waals surface area contributed by atoms with Crippen molar-refractivity contribution in [3.05, 3.63) is 71.3 Å². The number of rotatable bonds is 6. The molecule has 0 bridgehead atoms. The summed E-state index contributed by atoms with van der Waals surface area (Å²) in [6, 6.07) is 13.9. The van der Waals surface area contributed by atoms with Gasteiger partial charge in [-0.2, -0.15) is 5.48 Å². The predicted molar refractivity (Wildman–Crippen MR) is 110 cm³/mol. The normalized spacial score (nSPS) is 12.8. The molecule has 2 atom stereocenters. The van der Waals surface area contributed by atoms with E-state index in [9.17, 15) is 10.2 Å². The molecule has 6 heteroatoms. The van der Waals surface area contributed by atoms with Crippen molar-refractivity contribution in [3.8, 4) is 23.7 Å². The number of aliphatic hydroxyl groups is 2. The molecule has 0 aliphatic rings. The maximum atomic E-state index is 9.62.